The maximum atomic E-state index is 12.3. The van der Waals surface area contributed by atoms with Crippen molar-refractivity contribution in [2.45, 2.75) is 20.0 Å². The van der Waals surface area contributed by atoms with Crippen LogP contribution in [0.15, 0.2) is 24.8 Å². The molecule has 1 aromatic carbocycles. The number of nitro groups is 1. The van der Waals surface area contributed by atoms with Gasteiger partial charge in [0.15, 0.2) is 17.6 Å². The van der Waals surface area contributed by atoms with Gasteiger partial charge < -0.3 is 19.5 Å². The van der Waals surface area contributed by atoms with Crippen LogP contribution in [0.5, 0.6) is 11.5 Å². The number of hydrogen-bond donors (Lipinski definition) is 1. The first-order chi connectivity index (χ1) is 11.8. The molecule has 1 rings (SSSR count). The average molecular weight is 352 g/mol. The summed E-state index contributed by atoms with van der Waals surface area (Å²) in [6.07, 6.45) is 0.332. The van der Waals surface area contributed by atoms with Crippen molar-refractivity contribution < 1.29 is 28.7 Å². The van der Waals surface area contributed by atoms with Gasteiger partial charge in [0.25, 0.3) is 11.6 Å². The first kappa shape index (κ1) is 19.9. The monoisotopic (exact) mass is 352 g/mol. The lowest BCUT2D eigenvalue weighted by molar-refractivity contribution is -0.385. The van der Waals surface area contributed by atoms with Crippen molar-refractivity contribution in [2.24, 2.45) is 0 Å². The Bertz CT molecular complexity index is 673. The second-order valence-corrected chi connectivity index (χ2v) is 4.79. The third-order valence-corrected chi connectivity index (χ3v) is 3.07. The quantitative estimate of drug-likeness (QED) is 0.312. The summed E-state index contributed by atoms with van der Waals surface area (Å²) in [5, 5.41) is 13.7. The fourth-order valence-electron chi connectivity index (χ4n) is 1.89. The zero-order valence-corrected chi connectivity index (χ0v) is 14.2. The molecule has 0 radical (unpaired) electrons. The first-order valence-corrected chi connectivity index (χ1v) is 7.44. The topological polar surface area (TPSA) is 117 Å². The van der Waals surface area contributed by atoms with Crippen molar-refractivity contribution in [2.75, 3.05) is 20.3 Å². The summed E-state index contributed by atoms with van der Waals surface area (Å²) in [6, 6.07) is 2.24. The Morgan fingerprint density at radius 3 is 2.60 bits per heavy atom. The van der Waals surface area contributed by atoms with Crippen molar-refractivity contribution >= 4 is 17.6 Å². The molecule has 0 aliphatic heterocycles. The van der Waals surface area contributed by atoms with Crippen molar-refractivity contribution in [1.29, 1.82) is 0 Å². The summed E-state index contributed by atoms with van der Waals surface area (Å²) >= 11 is 0. The van der Waals surface area contributed by atoms with Crippen LogP contribution in [0.25, 0.3) is 0 Å². The molecule has 0 saturated heterocycles. The molecule has 25 heavy (non-hydrogen) atoms. The second-order valence-electron chi connectivity index (χ2n) is 4.79. The average Bonchev–Trinajstić information content (AvgIpc) is 2.59. The predicted molar refractivity (Wildman–Crippen MR) is 88.9 cm³/mol. The van der Waals surface area contributed by atoms with Crippen LogP contribution >= 0.6 is 0 Å². The van der Waals surface area contributed by atoms with Crippen LogP contribution in [0.4, 0.5) is 5.69 Å². The van der Waals surface area contributed by atoms with E-state index >= 15 is 0 Å². The molecule has 0 aliphatic rings. The number of rotatable bonds is 9. The van der Waals surface area contributed by atoms with Crippen LogP contribution in [0, 0.1) is 10.1 Å². The number of ether oxygens (including phenoxy) is 3. The van der Waals surface area contributed by atoms with Gasteiger partial charge in [-0.1, -0.05) is 6.08 Å². The molecule has 136 valence electrons. The van der Waals surface area contributed by atoms with Gasteiger partial charge in [-0.2, -0.15) is 0 Å². The number of nitro benzene ring substituents is 1. The van der Waals surface area contributed by atoms with E-state index in [2.05, 4.69) is 11.9 Å². The lowest BCUT2D eigenvalue weighted by Crippen LogP contribution is -2.35. The lowest BCUT2D eigenvalue weighted by Gasteiger charge is -2.14. The maximum Gasteiger partial charge on any atom is 0.346 e. The van der Waals surface area contributed by atoms with Crippen LogP contribution in [-0.2, 0) is 9.53 Å². The maximum absolute atomic E-state index is 12.3. The molecule has 0 bridgehead atoms. The van der Waals surface area contributed by atoms with Crippen LogP contribution < -0.4 is 14.8 Å². The number of nitrogens with one attached hydrogen (secondary N) is 1. The Morgan fingerprint density at radius 1 is 1.40 bits per heavy atom. The van der Waals surface area contributed by atoms with Crippen LogP contribution in [0.3, 0.4) is 0 Å². The highest BCUT2D eigenvalue weighted by atomic mass is 16.6. The highest BCUT2D eigenvalue weighted by Crippen LogP contribution is 2.35. The number of esters is 1. The van der Waals surface area contributed by atoms with Crippen LogP contribution in [0.2, 0.25) is 0 Å². The minimum absolute atomic E-state index is 0.130. The molecule has 9 heteroatoms. The number of carbonyl (C=O) groups excluding carboxylic acids is 2. The zero-order valence-electron chi connectivity index (χ0n) is 14.2. The van der Waals surface area contributed by atoms with Crippen molar-refractivity contribution in [3.05, 3.63) is 40.5 Å². The van der Waals surface area contributed by atoms with E-state index in [0.717, 1.165) is 12.1 Å². The number of benzene rings is 1. The van der Waals surface area contributed by atoms with Gasteiger partial charge in [0.2, 0.25) is 0 Å². The summed E-state index contributed by atoms with van der Waals surface area (Å²) in [7, 11) is 1.34. The smallest absolute Gasteiger partial charge is 0.346 e. The minimum Gasteiger partial charge on any atom is -0.493 e. The highest BCUT2D eigenvalue weighted by molar-refractivity contribution is 5.96. The first-order valence-electron chi connectivity index (χ1n) is 7.44. The largest absolute Gasteiger partial charge is 0.493 e. The van der Waals surface area contributed by atoms with Gasteiger partial charge in [0.05, 0.1) is 24.7 Å². The molecule has 0 spiro atoms. The molecule has 0 saturated carbocycles. The third kappa shape index (κ3) is 5.20. The fraction of sp³-hybridized carbons (Fsp3) is 0.375. The van der Waals surface area contributed by atoms with Crippen molar-refractivity contribution in [3.63, 3.8) is 0 Å². The number of nitrogens with zero attached hydrogens (tertiary/aromatic N) is 1. The standard InChI is InChI=1S/C16H20N2O7/c1-5-7-17-15(19)10(3)25-16(20)11-8-13(23-4)14(24-6-2)9-12(11)18(21)22/h5,8-10H,1,6-7H2,2-4H3,(H,17,19). The van der Waals surface area contributed by atoms with Gasteiger partial charge in [-0.25, -0.2) is 4.79 Å². The molecule has 9 nitrogen and oxygen atoms in total. The van der Waals surface area contributed by atoms with Crippen LogP contribution in [0.1, 0.15) is 24.2 Å². The summed E-state index contributed by atoms with van der Waals surface area (Å²) in [6.45, 7) is 6.98. The summed E-state index contributed by atoms with van der Waals surface area (Å²) < 4.78 is 15.3. The van der Waals surface area contributed by atoms with E-state index in [1.807, 2.05) is 0 Å². The van der Waals surface area contributed by atoms with Gasteiger partial charge in [-0.05, 0) is 13.8 Å². The second kappa shape index (κ2) is 9.26. The SMILES string of the molecule is C=CCNC(=O)C(C)OC(=O)c1cc(OC)c(OCC)cc1[N+](=O)[O-]. The van der Waals surface area contributed by atoms with E-state index in [0.29, 0.717) is 0 Å². The molecule has 1 atom stereocenters. The van der Waals surface area contributed by atoms with Gasteiger partial charge >= 0.3 is 5.97 Å². The fourth-order valence-corrected chi connectivity index (χ4v) is 1.89. The number of carbonyl (C=O) groups is 2. The number of amides is 1. The van der Waals surface area contributed by atoms with Gasteiger partial charge in [0, 0.05) is 12.6 Å². The van der Waals surface area contributed by atoms with E-state index in [1.54, 1.807) is 6.92 Å². The molecule has 1 amide bonds. The molecule has 0 aliphatic carbocycles. The zero-order chi connectivity index (χ0) is 19.0. The van der Waals surface area contributed by atoms with Gasteiger partial charge in [0.1, 0.15) is 5.56 Å². The minimum atomic E-state index is -1.13. The molecule has 1 N–H and O–H groups in total. The molecule has 0 heterocycles. The molecule has 1 aromatic rings. The predicted octanol–water partition coefficient (Wildman–Crippen LogP) is 1.85. The van der Waals surface area contributed by atoms with E-state index < -0.39 is 28.6 Å². The Hall–Kier alpha value is -3.10. The Morgan fingerprint density at radius 2 is 2.08 bits per heavy atom. The molecule has 1 unspecified atom stereocenters. The molecule has 0 aromatic heterocycles. The summed E-state index contributed by atoms with van der Waals surface area (Å²) in [4.78, 5) is 34.5. The third-order valence-electron chi connectivity index (χ3n) is 3.07. The number of hydrogen-bond acceptors (Lipinski definition) is 7. The van der Waals surface area contributed by atoms with E-state index in [4.69, 9.17) is 14.2 Å². The molecular weight excluding hydrogens is 332 g/mol. The van der Waals surface area contributed by atoms with E-state index in [1.165, 1.54) is 20.1 Å². The molecular formula is C16H20N2O7. The Kier molecular flexibility index (Phi) is 7.39. The highest BCUT2D eigenvalue weighted by Gasteiger charge is 2.28. The van der Waals surface area contributed by atoms with E-state index in [9.17, 15) is 19.7 Å². The number of methoxy groups -OCH3 is 1. The molecule has 0 fully saturated rings. The lowest BCUT2D eigenvalue weighted by atomic mass is 10.1. The normalized spacial score (nSPS) is 11.2. The summed E-state index contributed by atoms with van der Waals surface area (Å²) in [5.74, 6) is -1.30. The van der Waals surface area contributed by atoms with Crippen molar-refractivity contribution in [1.82, 2.24) is 5.32 Å². The Balaban J connectivity index is 3.12. The van der Waals surface area contributed by atoms with E-state index in [-0.39, 0.29) is 30.2 Å². The van der Waals surface area contributed by atoms with Crippen LogP contribution in [-0.4, -0.2) is 43.2 Å². The van der Waals surface area contributed by atoms with Gasteiger partial charge in [-0.3, -0.25) is 14.9 Å². The Labute approximate surface area is 144 Å². The van der Waals surface area contributed by atoms with Crippen molar-refractivity contribution in [3.8, 4) is 11.5 Å². The van der Waals surface area contributed by atoms with Gasteiger partial charge in [-0.15, -0.1) is 6.58 Å². The summed E-state index contributed by atoms with van der Waals surface area (Å²) in [5.41, 5.74) is -0.846.